The van der Waals surface area contributed by atoms with Gasteiger partial charge in [0, 0.05) is 40.8 Å². The van der Waals surface area contributed by atoms with Crippen LogP contribution in [-0.4, -0.2) is 53.6 Å². The van der Waals surface area contributed by atoms with Crippen LogP contribution in [0.4, 0.5) is 4.79 Å². The number of phenols is 1. The number of nitrogens with two attached hydrogens (primary N) is 1. The summed E-state index contributed by atoms with van der Waals surface area (Å²) in [5.74, 6) is -5.33. The first kappa shape index (κ1) is 24.0. The molecule has 11 heteroatoms. The maximum absolute atomic E-state index is 13.3. The van der Waals surface area contributed by atoms with Gasteiger partial charge in [0.05, 0.1) is 30.5 Å². The second-order valence-corrected chi connectivity index (χ2v) is 9.86. The van der Waals surface area contributed by atoms with Crippen LogP contribution in [0.3, 0.4) is 0 Å². The second kappa shape index (κ2) is 8.44. The molecule has 36 heavy (non-hydrogen) atoms. The molecule has 4 atom stereocenters. The van der Waals surface area contributed by atoms with Gasteiger partial charge in [0.2, 0.25) is 11.8 Å². The predicted octanol–water partition coefficient (Wildman–Crippen LogP) is 2.25. The quantitative estimate of drug-likeness (QED) is 0.326. The van der Waals surface area contributed by atoms with Crippen molar-refractivity contribution >= 4 is 45.3 Å². The first-order valence-corrected chi connectivity index (χ1v) is 11.9. The van der Waals surface area contributed by atoms with Gasteiger partial charge in [0.1, 0.15) is 17.2 Å². The third-order valence-electron chi connectivity index (χ3n) is 7.39. The number of amides is 4. The molecule has 1 saturated heterocycles. The average Bonchev–Trinajstić information content (AvgIpc) is 3.10. The van der Waals surface area contributed by atoms with Crippen molar-refractivity contribution in [2.75, 3.05) is 14.2 Å². The van der Waals surface area contributed by atoms with E-state index in [4.69, 9.17) is 15.2 Å². The van der Waals surface area contributed by atoms with Crippen LogP contribution >= 0.6 is 15.9 Å². The molecule has 3 N–H and O–H groups in total. The molecule has 0 radical (unpaired) electrons. The highest BCUT2D eigenvalue weighted by Gasteiger charge is 2.58. The van der Waals surface area contributed by atoms with Crippen molar-refractivity contribution in [2.45, 2.75) is 18.8 Å². The number of hydrogen-bond donors (Lipinski definition) is 2. The van der Waals surface area contributed by atoms with Crippen LogP contribution in [0.15, 0.2) is 45.5 Å². The number of ketones is 2. The van der Waals surface area contributed by atoms with Crippen molar-refractivity contribution in [1.82, 2.24) is 4.90 Å². The van der Waals surface area contributed by atoms with Crippen molar-refractivity contribution < 1.29 is 38.6 Å². The minimum atomic E-state index is -1.16. The van der Waals surface area contributed by atoms with Crippen molar-refractivity contribution in [2.24, 2.45) is 23.5 Å². The predicted molar refractivity (Wildman–Crippen MR) is 127 cm³/mol. The number of carbonyl (C=O) groups excluding carboxylic acids is 5. The summed E-state index contributed by atoms with van der Waals surface area (Å²) in [6.07, 6.45) is 3.08. The zero-order chi connectivity index (χ0) is 26.0. The average molecular weight is 557 g/mol. The van der Waals surface area contributed by atoms with Gasteiger partial charge in [-0.15, -0.1) is 0 Å². The molecule has 0 spiro atoms. The Kier molecular flexibility index (Phi) is 5.62. The fourth-order valence-corrected chi connectivity index (χ4v) is 6.37. The molecule has 1 aromatic carbocycles. The fraction of sp³-hybridized carbons (Fsp3) is 0.320. The van der Waals surface area contributed by atoms with Gasteiger partial charge in [0.25, 0.3) is 0 Å². The number of rotatable bonds is 3. The summed E-state index contributed by atoms with van der Waals surface area (Å²) in [6.45, 7) is 0. The van der Waals surface area contributed by atoms with E-state index < -0.39 is 53.1 Å². The molecule has 4 unspecified atom stereocenters. The Bertz CT molecular complexity index is 1370. The lowest BCUT2D eigenvalue weighted by Gasteiger charge is -2.42. The Morgan fingerprint density at radius 3 is 2.47 bits per heavy atom. The van der Waals surface area contributed by atoms with E-state index in [1.807, 2.05) is 0 Å². The lowest BCUT2D eigenvalue weighted by molar-refractivity contribution is -0.136. The first-order valence-electron chi connectivity index (χ1n) is 11.1. The van der Waals surface area contributed by atoms with Crippen molar-refractivity contribution in [3.05, 3.63) is 51.0 Å². The Morgan fingerprint density at radius 2 is 1.83 bits per heavy atom. The number of urea groups is 1. The van der Waals surface area contributed by atoms with Gasteiger partial charge in [-0.1, -0.05) is 11.6 Å². The third kappa shape index (κ3) is 3.25. The minimum absolute atomic E-state index is 0.0111. The molecule has 1 aromatic rings. The monoisotopic (exact) mass is 556 g/mol. The second-order valence-electron chi connectivity index (χ2n) is 9.01. The van der Waals surface area contributed by atoms with Gasteiger partial charge < -0.3 is 20.3 Å². The van der Waals surface area contributed by atoms with Gasteiger partial charge in [-0.3, -0.25) is 19.2 Å². The molecule has 3 aliphatic carbocycles. The molecule has 0 aromatic heterocycles. The number of halogens is 1. The summed E-state index contributed by atoms with van der Waals surface area (Å²) in [5.41, 5.74) is 6.49. The van der Waals surface area contributed by atoms with Crippen LogP contribution in [0, 0.1) is 17.8 Å². The number of imide groups is 3. The minimum Gasteiger partial charge on any atom is -0.507 e. The number of Topliss-reactive ketones (excluding diaryl/α,β-unsaturated/α-hetero) is 1. The summed E-state index contributed by atoms with van der Waals surface area (Å²) in [4.78, 5) is 64.9. The fourth-order valence-electron chi connectivity index (χ4n) is 5.92. The third-order valence-corrected chi connectivity index (χ3v) is 7.98. The Hall–Kier alpha value is -3.73. The smallest absolute Gasteiger partial charge is 0.328 e. The lowest BCUT2D eigenvalue weighted by Crippen LogP contribution is -2.42. The highest BCUT2D eigenvalue weighted by Crippen LogP contribution is 2.57. The maximum Gasteiger partial charge on any atom is 0.328 e. The molecule has 1 aliphatic heterocycles. The molecule has 10 nitrogen and oxygen atoms in total. The molecule has 4 aliphatic rings. The number of primary amides is 1. The summed E-state index contributed by atoms with van der Waals surface area (Å²) < 4.78 is 10.8. The van der Waals surface area contributed by atoms with Crippen LogP contribution in [0.2, 0.25) is 0 Å². The number of allylic oxidation sites excluding steroid dienone is 6. The van der Waals surface area contributed by atoms with E-state index in [-0.39, 0.29) is 45.5 Å². The molecule has 0 bridgehead atoms. The number of aromatic hydroxyl groups is 1. The van der Waals surface area contributed by atoms with E-state index in [1.54, 1.807) is 12.1 Å². The molecular weight excluding hydrogens is 536 g/mol. The molecule has 1 fully saturated rings. The van der Waals surface area contributed by atoms with Gasteiger partial charge >= 0.3 is 6.03 Å². The van der Waals surface area contributed by atoms with E-state index in [2.05, 4.69) is 15.9 Å². The molecule has 5 rings (SSSR count). The Morgan fingerprint density at radius 1 is 1.11 bits per heavy atom. The molecule has 4 amide bonds. The van der Waals surface area contributed by atoms with Crippen LogP contribution in [0.25, 0.3) is 0 Å². The topological polar surface area (TPSA) is 153 Å². The van der Waals surface area contributed by atoms with Gasteiger partial charge in [-0.05, 0) is 34.7 Å². The van der Waals surface area contributed by atoms with E-state index in [0.717, 1.165) is 0 Å². The summed E-state index contributed by atoms with van der Waals surface area (Å²) in [5, 5.41) is 11.0. The summed E-state index contributed by atoms with van der Waals surface area (Å²) in [7, 11) is 2.82. The van der Waals surface area contributed by atoms with E-state index in [0.29, 0.717) is 16.2 Å². The molecular formula is C25H21BrN2O8. The lowest BCUT2D eigenvalue weighted by atomic mass is 9.59. The van der Waals surface area contributed by atoms with E-state index in [9.17, 15) is 29.1 Å². The van der Waals surface area contributed by atoms with E-state index >= 15 is 0 Å². The standard InChI is InChI=1S/C25H21BrN2O8/c1-35-9-5-15(29)21(17(6-9)36-2)20-10-3-4-11-18(24(33)28(23(11)32)25(27)34)12(10)7-13-19(20)16(30)8-14(26)22(13)31/h3,5-6,8,11-12,18,20,29H,4,7H2,1-2H3,(H2,27,34). The van der Waals surface area contributed by atoms with Crippen LogP contribution in [0.1, 0.15) is 24.3 Å². The Balaban J connectivity index is 1.75. The van der Waals surface area contributed by atoms with Crippen LogP contribution in [-0.2, 0) is 19.2 Å². The summed E-state index contributed by atoms with van der Waals surface area (Å²) >= 11 is 3.15. The van der Waals surface area contributed by atoms with Crippen LogP contribution < -0.4 is 15.2 Å². The number of methoxy groups -OCH3 is 2. The number of benzene rings is 1. The van der Waals surface area contributed by atoms with Crippen molar-refractivity contribution in [3.63, 3.8) is 0 Å². The van der Waals surface area contributed by atoms with Crippen molar-refractivity contribution in [1.29, 1.82) is 0 Å². The highest BCUT2D eigenvalue weighted by atomic mass is 79.9. The summed E-state index contributed by atoms with van der Waals surface area (Å²) in [6, 6.07) is 1.76. The zero-order valence-corrected chi connectivity index (χ0v) is 20.8. The maximum atomic E-state index is 13.3. The van der Waals surface area contributed by atoms with Gasteiger partial charge in [0.15, 0.2) is 11.6 Å². The van der Waals surface area contributed by atoms with Crippen LogP contribution in [0.5, 0.6) is 17.2 Å². The SMILES string of the molecule is COc1cc(O)c(C2C3=CCC4C(=O)N(C(N)=O)C(=O)C4C3CC3=C2C(=O)C=C(Br)C3=O)c(OC)c1. The number of carbonyl (C=O) groups is 5. The molecule has 1 heterocycles. The normalized spacial score (nSPS) is 27.2. The zero-order valence-electron chi connectivity index (χ0n) is 19.2. The van der Waals surface area contributed by atoms with Gasteiger partial charge in [-0.25, -0.2) is 4.79 Å². The van der Waals surface area contributed by atoms with Gasteiger partial charge in [-0.2, -0.15) is 4.90 Å². The number of likely N-dealkylation sites (tertiary alicyclic amines) is 1. The highest BCUT2D eigenvalue weighted by molar-refractivity contribution is 9.12. The number of phenolic OH excluding ortho intramolecular Hbond substituents is 1. The number of ether oxygens (including phenoxy) is 2. The molecule has 0 saturated carbocycles. The number of nitrogens with zero attached hydrogens (tertiary/aromatic N) is 1. The Labute approximate surface area is 213 Å². The largest absolute Gasteiger partial charge is 0.507 e. The first-order chi connectivity index (χ1) is 17.1. The van der Waals surface area contributed by atoms with Crippen molar-refractivity contribution in [3.8, 4) is 17.2 Å². The van der Waals surface area contributed by atoms with E-state index in [1.165, 1.54) is 26.4 Å². The molecule has 186 valence electrons. The number of fused-ring (bicyclic) bond motifs is 3. The number of hydrogen-bond acceptors (Lipinski definition) is 8.